The zero-order valence-corrected chi connectivity index (χ0v) is 12.1. The Kier molecular flexibility index (Phi) is 4.28. The van der Waals surface area contributed by atoms with Crippen molar-refractivity contribution in [1.29, 1.82) is 0 Å². The van der Waals surface area contributed by atoms with Gasteiger partial charge >= 0.3 is 11.9 Å². The second-order valence-corrected chi connectivity index (χ2v) is 6.39. The van der Waals surface area contributed by atoms with E-state index in [9.17, 15) is 18.0 Å². The van der Waals surface area contributed by atoms with Gasteiger partial charge in [0.05, 0.1) is 18.7 Å². The lowest BCUT2D eigenvalue weighted by molar-refractivity contribution is -0.141. The number of sulfonamides is 1. The normalized spacial score (nSPS) is 19.6. The third-order valence-corrected chi connectivity index (χ3v) is 5.04. The fourth-order valence-corrected chi connectivity index (χ4v) is 3.66. The summed E-state index contributed by atoms with van der Waals surface area (Å²) in [6.45, 7) is 1.66. The van der Waals surface area contributed by atoms with Crippen molar-refractivity contribution < 1.29 is 27.9 Å². The number of hydrogen-bond donors (Lipinski definition) is 2. The first-order valence-electron chi connectivity index (χ1n) is 6.31. The van der Waals surface area contributed by atoms with E-state index in [1.54, 1.807) is 6.92 Å². The molecule has 1 saturated heterocycles. The second-order valence-electron chi connectivity index (χ2n) is 4.52. The van der Waals surface area contributed by atoms with E-state index in [-0.39, 0.29) is 36.7 Å². The quantitative estimate of drug-likeness (QED) is 0.712. The minimum Gasteiger partial charge on any atom is -0.481 e. The monoisotopic (exact) mass is 317 g/mol. The minimum absolute atomic E-state index is 0.0839. The van der Waals surface area contributed by atoms with Crippen LogP contribution >= 0.6 is 0 Å². The van der Waals surface area contributed by atoms with E-state index in [2.05, 4.69) is 10.2 Å². The van der Waals surface area contributed by atoms with E-state index in [4.69, 9.17) is 9.84 Å². The molecule has 0 bridgehead atoms. The van der Waals surface area contributed by atoms with Crippen LogP contribution in [0.4, 0.5) is 0 Å². The summed E-state index contributed by atoms with van der Waals surface area (Å²) in [5, 5.41) is 14.4. The summed E-state index contributed by atoms with van der Waals surface area (Å²) in [7, 11) is -4.00. The molecule has 0 radical (unpaired) electrons. The highest BCUT2D eigenvalue weighted by atomic mass is 32.2. The fraction of sp³-hybridized carbons (Fsp3) is 0.545. The maximum absolute atomic E-state index is 12.4. The lowest BCUT2D eigenvalue weighted by atomic mass is 10.1. The van der Waals surface area contributed by atoms with E-state index in [1.807, 2.05) is 0 Å². The van der Waals surface area contributed by atoms with Crippen LogP contribution in [0.3, 0.4) is 0 Å². The maximum Gasteiger partial charge on any atom is 0.342 e. The summed E-state index contributed by atoms with van der Waals surface area (Å²) in [6, 6.07) is 0. The van der Waals surface area contributed by atoms with Crippen molar-refractivity contribution in [3.05, 3.63) is 11.8 Å². The number of H-pyrrole nitrogens is 1. The molecule has 116 valence electrons. The Hall–Kier alpha value is -1.94. The number of carboxylic acid groups (broad SMARTS) is 1. The van der Waals surface area contributed by atoms with Gasteiger partial charge in [-0.25, -0.2) is 13.2 Å². The molecule has 0 saturated carbocycles. The molecular formula is C11H15N3O6S. The summed E-state index contributed by atoms with van der Waals surface area (Å²) in [4.78, 5) is 22.6. The van der Waals surface area contributed by atoms with Crippen molar-refractivity contribution in [2.24, 2.45) is 5.92 Å². The van der Waals surface area contributed by atoms with Gasteiger partial charge in [0.2, 0.25) is 0 Å². The molecule has 1 aliphatic rings. The largest absolute Gasteiger partial charge is 0.481 e. The van der Waals surface area contributed by atoms with Crippen molar-refractivity contribution in [2.75, 3.05) is 19.7 Å². The van der Waals surface area contributed by atoms with E-state index >= 15 is 0 Å². The molecule has 1 aromatic rings. The van der Waals surface area contributed by atoms with Crippen molar-refractivity contribution in [2.45, 2.75) is 18.4 Å². The lowest BCUT2D eigenvalue weighted by Crippen LogP contribution is -2.31. The van der Waals surface area contributed by atoms with E-state index in [1.165, 1.54) is 0 Å². The highest BCUT2D eigenvalue weighted by Crippen LogP contribution is 2.25. The molecular weight excluding hydrogens is 302 g/mol. The molecule has 1 unspecified atom stereocenters. The van der Waals surface area contributed by atoms with Crippen molar-refractivity contribution in [3.63, 3.8) is 0 Å². The van der Waals surface area contributed by atoms with Gasteiger partial charge in [-0.3, -0.25) is 9.89 Å². The highest BCUT2D eigenvalue weighted by Gasteiger charge is 2.38. The second kappa shape index (κ2) is 5.82. The van der Waals surface area contributed by atoms with Crippen molar-refractivity contribution in [3.8, 4) is 0 Å². The Morgan fingerprint density at radius 2 is 2.29 bits per heavy atom. The summed E-state index contributed by atoms with van der Waals surface area (Å²) in [6.07, 6.45) is 1.31. The molecule has 9 nitrogen and oxygen atoms in total. The van der Waals surface area contributed by atoms with Gasteiger partial charge in [0, 0.05) is 13.1 Å². The first-order valence-corrected chi connectivity index (χ1v) is 7.75. The van der Waals surface area contributed by atoms with E-state index in [0.29, 0.717) is 0 Å². The summed E-state index contributed by atoms with van der Waals surface area (Å²) in [5.74, 6) is -2.57. The van der Waals surface area contributed by atoms with Gasteiger partial charge in [-0.15, -0.1) is 0 Å². The van der Waals surface area contributed by atoms with Crippen LogP contribution in [0.25, 0.3) is 0 Å². The predicted molar refractivity (Wildman–Crippen MR) is 69.0 cm³/mol. The van der Waals surface area contributed by atoms with Crippen LogP contribution in [0.2, 0.25) is 0 Å². The molecule has 0 spiro atoms. The van der Waals surface area contributed by atoms with Gasteiger partial charge in [-0.1, -0.05) is 0 Å². The van der Waals surface area contributed by atoms with Crippen molar-refractivity contribution in [1.82, 2.24) is 14.5 Å². The number of carbonyl (C=O) groups excluding carboxylic acids is 1. The van der Waals surface area contributed by atoms with E-state index < -0.39 is 27.9 Å². The van der Waals surface area contributed by atoms with Crippen molar-refractivity contribution >= 4 is 22.0 Å². The molecule has 1 aromatic heterocycles. The molecule has 21 heavy (non-hydrogen) atoms. The molecule has 2 N–H and O–H groups in total. The third kappa shape index (κ3) is 2.90. The SMILES string of the molecule is CCOC(=O)c1cn[nH]c1S(=O)(=O)N1CCC(C(=O)O)C1. The van der Waals surface area contributed by atoms with Gasteiger partial charge in [0.1, 0.15) is 5.56 Å². The molecule has 2 rings (SSSR count). The number of carbonyl (C=O) groups is 2. The van der Waals surface area contributed by atoms with Crippen LogP contribution < -0.4 is 0 Å². The van der Waals surface area contributed by atoms with Crippen LogP contribution in [0, 0.1) is 5.92 Å². The first kappa shape index (κ1) is 15.4. The van der Waals surface area contributed by atoms with Crippen LogP contribution in [-0.2, 0) is 19.6 Å². The number of esters is 1. The Balaban J connectivity index is 2.27. The summed E-state index contributed by atoms with van der Waals surface area (Å²) in [5.41, 5.74) is -0.185. The fourth-order valence-electron chi connectivity index (χ4n) is 2.10. The molecule has 10 heteroatoms. The molecule has 1 atom stereocenters. The van der Waals surface area contributed by atoms with Gasteiger partial charge < -0.3 is 9.84 Å². The average Bonchev–Trinajstić information content (AvgIpc) is 3.09. The predicted octanol–water partition coefficient (Wildman–Crippen LogP) is -0.318. The maximum atomic E-state index is 12.4. The average molecular weight is 317 g/mol. The molecule has 1 aliphatic heterocycles. The van der Waals surface area contributed by atoms with Crippen LogP contribution in [0.5, 0.6) is 0 Å². The number of nitrogens with one attached hydrogen (secondary N) is 1. The number of hydrogen-bond acceptors (Lipinski definition) is 6. The molecule has 2 heterocycles. The molecule has 0 aliphatic carbocycles. The number of rotatable bonds is 5. The highest BCUT2D eigenvalue weighted by molar-refractivity contribution is 7.89. The number of ether oxygens (including phenoxy) is 1. The number of aromatic amines is 1. The Labute approximate surface area is 120 Å². The van der Waals surface area contributed by atoms with Gasteiger partial charge in [0.25, 0.3) is 10.0 Å². The molecule has 0 amide bonds. The zero-order chi connectivity index (χ0) is 15.6. The van der Waals surface area contributed by atoms with Crippen LogP contribution in [-0.4, -0.2) is 59.7 Å². The van der Waals surface area contributed by atoms with Gasteiger partial charge in [-0.2, -0.15) is 9.40 Å². The zero-order valence-electron chi connectivity index (χ0n) is 11.3. The van der Waals surface area contributed by atoms with Crippen LogP contribution in [0.15, 0.2) is 11.2 Å². The first-order chi connectivity index (χ1) is 9.87. The molecule has 1 fully saturated rings. The third-order valence-electron chi connectivity index (χ3n) is 3.20. The Morgan fingerprint density at radius 3 is 2.86 bits per heavy atom. The number of aromatic nitrogens is 2. The Bertz CT molecular complexity index is 653. The van der Waals surface area contributed by atoms with Gasteiger partial charge in [0.15, 0.2) is 5.03 Å². The summed E-state index contributed by atoms with van der Waals surface area (Å²) < 4.78 is 30.7. The standard InChI is InChI=1S/C11H15N3O6S/c1-2-20-11(17)8-5-12-13-9(8)21(18,19)14-4-3-7(6-14)10(15)16/h5,7H,2-4,6H2,1H3,(H,12,13)(H,15,16). The molecule has 0 aromatic carbocycles. The van der Waals surface area contributed by atoms with E-state index in [0.717, 1.165) is 10.5 Å². The topological polar surface area (TPSA) is 130 Å². The number of aliphatic carboxylic acids is 1. The lowest BCUT2D eigenvalue weighted by Gasteiger charge is -2.15. The van der Waals surface area contributed by atoms with Gasteiger partial charge in [-0.05, 0) is 13.3 Å². The minimum atomic E-state index is -4.00. The number of nitrogens with zero attached hydrogens (tertiary/aromatic N) is 2. The smallest absolute Gasteiger partial charge is 0.342 e. The van der Waals surface area contributed by atoms with Crippen LogP contribution in [0.1, 0.15) is 23.7 Å². The Morgan fingerprint density at radius 1 is 1.57 bits per heavy atom. The summed E-state index contributed by atoms with van der Waals surface area (Å²) >= 11 is 0. The number of carboxylic acids is 1.